The molecule has 0 aromatic carbocycles. The molecule has 0 aromatic rings. The molecule has 0 heterocycles. The molecule has 0 saturated carbocycles. The van der Waals surface area contributed by atoms with E-state index in [9.17, 15) is 9.59 Å². The molecule has 0 saturated heterocycles. The highest BCUT2D eigenvalue weighted by molar-refractivity contribution is 6.43. The third-order valence-electron chi connectivity index (χ3n) is 3.25. The van der Waals surface area contributed by atoms with Crippen LogP contribution in [0.15, 0.2) is 23.8 Å². The second-order valence-corrected chi connectivity index (χ2v) is 5.40. The van der Waals surface area contributed by atoms with Crippen LogP contribution in [0.5, 0.6) is 0 Å². The van der Waals surface area contributed by atoms with Crippen LogP contribution in [0.1, 0.15) is 46.5 Å². The average molecular weight is 234 g/mol. The van der Waals surface area contributed by atoms with Crippen molar-refractivity contribution in [1.82, 2.24) is 0 Å². The molecule has 0 fully saturated rings. The van der Waals surface area contributed by atoms with E-state index in [0.717, 1.165) is 19.3 Å². The Hall–Kier alpha value is -1.18. The zero-order valence-electron chi connectivity index (χ0n) is 11.1. The molecule has 2 heteroatoms. The van der Waals surface area contributed by atoms with Crippen molar-refractivity contribution in [1.29, 1.82) is 0 Å². The van der Waals surface area contributed by atoms with Gasteiger partial charge < -0.3 is 0 Å². The van der Waals surface area contributed by atoms with E-state index in [1.54, 1.807) is 0 Å². The predicted molar refractivity (Wildman–Crippen MR) is 69.7 cm³/mol. The van der Waals surface area contributed by atoms with Gasteiger partial charge in [0.25, 0.3) is 0 Å². The molecule has 0 spiro atoms. The Kier molecular flexibility index (Phi) is 4.86. The molecule has 0 N–H and O–H groups in total. The maximum atomic E-state index is 11.9. The number of rotatable bonds is 5. The molecular formula is C15H22O2. The van der Waals surface area contributed by atoms with E-state index in [0.29, 0.717) is 17.9 Å². The predicted octanol–water partition coefficient (Wildman–Crippen LogP) is 3.47. The molecule has 1 rings (SSSR count). The Bertz CT molecular complexity index is 361. The van der Waals surface area contributed by atoms with Gasteiger partial charge in [0, 0.05) is 6.42 Å². The van der Waals surface area contributed by atoms with Crippen molar-refractivity contribution in [2.75, 3.05) is 0 Å². The summed E-state index contributed by atoms with van der Waals surface area (Å²) in [5.74, 6) is 0.226. The van der Waals surface area contributed by atoms with Gasteiger partial charge in [-0.15, -0.1) is 0 Å². The smallest absolute Gasteiger partial charge is 0.224 e. The van der Waals surface area contributed by atoms with Gasteiger partial charge in [-0.05, 0) is 43.6 Å². The minimum absolute atomic E-state index is 0.236. The molecule has 0 bridgehead atoms. The molecule has 1 atom stereocenters. The SMILES string of the molecule is C=C(C)C1CC=C(C(=O)C(=O)CC(C)C)CC1. The molecule has 0 aromatic heterocycles. The van der Waals surface area contributed by atoms with Crippen LogP contribution in [0.3, 0.4) is 0 Å². The van der Waals surface area contributed by atoms with Gasteiger partial charge >= 0.3 is 0 Å². The molecule has 1 aliphatic rings. The van der Waals surface area contributed by atoms with Crippen molar-refractivity contribution in [2.24, 2.45) is 11.8 Å². The largest absolute Gasteiger partial charge is 0.290 e. The van der Waals surface area contributed by atoms with Gasteiger partial charge in [0.1, 0.15) is 0 Å². The zero-order valence-corrected chi connectivity index (χ0v) is 11.1. The summed E-state index contributed by atoms with van der Waals surface area (Å²) in [5.41, 5.74) is 1.88. The van der Waals surface area contributed by atoms with Crippen LogP contribution in [0, 0.1) is 11.8 Å². The van der Waals surface area contributed by atoms with E-state index < -0.39 is 0 Å². The monoisotopic (exact) mass is 234 g/mol. The van der Waals surface area contributed by atoms with E-state index in [4.69, 9.17) is 0 Å². The van der Waals surface area contributed by atoms with Gasteiger partial charge in [-0.25, -0.2) is 0 Å². The normalized spacial score (nSPS) is 20.0. The Labute approximate surface area is 104 Å². The highest BCUT2D eigenvalue weighted by Gasteiger charge is 2.23. The first-order chi connectivity index (χ1) is 7.91. The van der Waals surface area contributed by atoms with Crippen LogP contribution in [0.25, 0.3) is 0 Å². The summed E-state index contributed by atoms with van der Waals surface area (Å²) in [5, 5.41) is 0. The lowest BCUT2D eigenvalue weighted by molar-refractivity contribution is -0.135. The number of ketones is 2. The van der Waals surface area contributed by atoms with Crippen molar-refractivity contribution >= 4 is 11.6 Å². The molecular weight excluding hydrogens is 212 g/mol. The summed E-state index contributed by atoms with van der Waals surface area (Å²) in [6.45, 7) is 9.88. The van der Waals surface area contributed by atoms with Crippen LogP contribution in [0.2, 0.25) is 0 Å². The fourth-order valence-electron chi connectivity index (χ4n) is 2.13. The third kappa shape index (κ3) is 3.95. The zero-order chi connectivity index (χ0) is 13.0. The first kappa shape index (κ1) is 13.9. The number of carbonyl (C=O) groups is 2. The van der Waals surface area contributed by atoms with E-state index in [2.05, 4.69) is 6.58 Å². The molecule has 1 unspecified atom stereocenters. The first-order valence-electron chi connectivity index (χ1n) is 6.33. The summed E-state index contributed by atoms with van der Waals surface area (Å²) in [6, 6.07) is 0. The number of carbonyl (C=O) groups excluding carboxylic acids is 2. The van der Waals surface area contributed by atoms with Crippen LogP contribution >= 0.6 is 0 Å². The second kappa shape index (κ2) is 5.95. The minimum Gasteiger partial charge on any atom is -0.290 e. The Morgan fingerprint density at radius 2 is 2.12 bits per heavy atom. The van der Waals surface area contributed by atoms with Crippen molar-refractivity contribution < 1.29 is 9.59 Å². The van der Waals surface area contributed by atoms with Gasteiger partial charge in [-0.2, -0.15) is 0 Å². The van der Waals surface area contributed by atoms with E-state index in [-0.39, 0.29) is 17.5 Å². The van der Waals surface area contributed by atoms with Crippen LogP contribution in [0.4, 0.5) is 0 Å². The quantitative estimate of drug-likeness (QED) is 0.539. The highest BCUT2D eigenvalue weighted by atomic mass is 16.2. The summed E-state index contributed by atoms with van der Waals surface area (Å²) in [7, 11) is 0. The Morgan fingerprint density at radius 1 is 1.47 bits per heavy atom. The van der Waals surface area contributed by atoms with Gasteiger partial charge in [0.2, 0.25) is 11.6 Å². The maximum absolute atomic E-state index is 11.9. The van der Waals surface area contributed by atoms with Crippen LogP contribution < -0.4 is 0 Å². The molecule has 94 valence electrons. The van der Waals surface area contributed by atoms with Crippen molar-refractivity contribution in [3.8, 4) is 0 Å². The summed E-state index contributed by atoms with van der Waals surface area (Å²) in [4.78, 5) is 23.5. The van der Waals surface area contributed by atoms with Gasteiger partial charge in [0.05, 0.1) is 0 Å². The second-order valence-electron chi connectivity index (χ2n) is 5.40. The summed E-state index contributed by atoms with van der Waals surface area (Å²) < 4.78 is 0. The summed E-state index contributed by atoms with van der Waals surface area (Å²) >= 11 is 0. The van der Waals surface area contributed by atoms with Crippen molar-refractivity contribution in [2.45, 2.75) is 46.5 Å². The van der Waals surface area contributed by atoms with E-state index in [1.807, 2.05) is 26.8 Å². The van der Waals surface area contributed by atoms with Crippen LogP contribution in [-0.2, 0) is 9.59 Å². The molecule has 17 heavy (non-hydrogen) atoms. The molecule has 0 radical (unpaired) electrons. The molecule has 0 amide bonds. The number of hydrogen-bond donors (Lipinski definition) is 0. The lowest BCUT2D eigenvalue weighted by Gasteiger charge is -2.21. The fraction of sp³-hybridized carbons (Fsp3) is 0.600. The van der Waals surface area contributed by atoms with E-state index >= 15 is 0 Å². The van der Waals surface area contributed by atoms with Gasteiger partial charge in [0.15, 0.2) is 0 Å². The van der Waals surface area contributed by atoms with E-state index in [1.165, 1.54) is 5.57 Å². The molecule has 0 aliphatic heterocycles. The third-order valence-corrected chi connectivity index (χ3v) is 3.25. The van der Waals surface area contributed by atoms with Crippen molar-refractivity contribution in [3.05, 3.63) is 23.8 Å². The number of hydrogen-bond acceptors (Lipinski definition) is 2. The highest BCUT2D eigenvalue weighted by Crippen LogP contribution is 2.28. The minimum atomic E-state index is -0.265. The Morgan fingerprint density at radius 3 is 2.53 bits per heavy atom. The fourth-order valence-corrected chi connectivity index (χ4v) is 2.13. The average Bonchev–Trinajstić information content (AvgIpc) is 2.27. The molecule has 1 aliphatic carbocycles. The topological polar surface area (TPSA) is 34.1 Å². The lowest BCUT2D eigenvalue weighted by atomic mass is 9.83. The standard InChI is InChI=1S/C15H22O2/c1-10(2)9-14(16)15(17)13-7-5-12(6-8-13)11(3)4/h7,10,12H,3,5-6,8-9H2,1-2,4H3. The van der Waals surface area contributed by atoms with Gasteiger partial charge in [-0.1, -0.05) is 32.1 Å². The Balaban J connectivity index is 2.61. The number of Topliss-reactive ketones (excluding diaryl/α,β-unsaturated/α-hetero) is 2. The first-order valence-corrected chi connectivity index (χ1v) is 6.33. The molecule has 2 nitrogen and oxygen atoms in total. The maximum Gasteiger partial charge on any atom is 0.224 e. The lowest BCUT2D eigenvalue weighted by Crippen LogP contribution is -2.20. The number of allylic oxidation sites excluding steroid dienone is 3. The van der Waals surface area contributed by atoms with Gasteiger partial charge in [-0.3, -0.25) is 9.59 Å². The van der Waals surface area contributed by atoms with Crippen molar-refractivity contribution in [3.63, 3.8) is 0 Å². The van der Waals surface area contributed by atoms with Crippen LogP contribution in [-0.4, -0.2) is 11.6 Å². The summed E-state index contributed by atoms with van der Waals surface area (Å²) in [6.07, 6.45) is 4.82.